The number of carboxylic acid groups (broad SMARTS) is 1. The first-order valence-corrected chi connectivity index (χ1v) is 7.05. The number of unbranched alkanes of at least 4 members (excludes halogenated alkanes) is 1. The maximum absolute atomic E-state index is 11.3. The van der Waals surface area contributed by atoms with E-state index in [4.69, 9.17) is 15.8 Å². The number of carboxylic acids is 1. The molecular weight excluding hydrogens is 247 g/mol. The van der Waals surface area contributed by atoms with Crippen molar-refractivity contribution >= 4 is 13.1 Å². The second kappa shape index (κ2) is 7.84. The van der Waals surface area contributed by atoms with E-state index in [-0.39, 0.29) is 6.32 Å². The zero-order chi connectivity index (χ0) is 14.3. The van der Waals surface area contributed by atoms with Crippen molar-refractivity contribution in [2.75, 3.05) is 19.6 Å². The third-order valence-electron chi connectivity index (χ3n) is 3.81. The Bertz CT molecular complexity index is 287. The summed E-state index contributed by atoms with van der Waals surface area (Å²) in [6.07, 6.45) is 4.33. The first-order chi connectivity index (χ1) is 8.94. The van der Waals surface area contributed by atoms with Crippen LogP contribution in [0, 0.1) is 0 Å². The van der Waals surface area contributed by atoms with Crippen LogP contribution in [-0.4, -0.2) is 58.3 Å². The van der Waals surface area contributed by atoms with Crippen molar-refractivity contribution in [3.05, 3.63) is 0 Å². The topological polar surface area (TPSA) is 107 Å². The van der Waals surface area contributed by atoms with Crippen molar-refractivity contribution < 1.29 is 19.9 Å². The quantitative estimate of drug-likeness (QED) is 0.327. The molecular formula is C12H25BN2O4. The summed E-state index contributed by atoms with van der Waals surface area (Å²) >= 11 is 0. The van der Waals surface area contributed by atoms with Gasteiger partial charge in [0.05, 0.1) is 0 Å². The summed E-state index contributed by atoms with van der Waals surface area (Å²) < 4.78 is 0. The van der Waals surface area contributed by atoms with Crippen LogP contribution in [0.2, 0.25) is 6.32 Å². The van der Waals surface area contributed by atoms with Gasteiger partial charge in [-0.2, -0.15) is 0 Å². The van der Waals surface area contributed by atoms with Crippen molar-refractivity contribution in [1.82, 2.24) is 4.90 Å². The lowest BCUT2D eigenvalue weighted by molar-refractivity contribution is -0.144. The highest BCUT2D eigenvalue weighted by Crippen LogP contribution is 2.20. The minimum atomic E-state index is -1.32. The van der Waals surface area contributed by atoms with Gasteiger partial charge in [-0.05, 0) is 51.6 Å². The number of nitrogens with two attached hydrogens (primary N) is 1. The second-order valence-electron chi connectivity index (χ2n) is 5.49. The van der Waals surface area contributed by atoms with Gasteiger partial charge in [0.2, 0.25) is 0 Å². The van der Waals surface area contributed by atoms with E-state index in [0.29, 0.717) is 25.7 Å². The number of rotatable bonds is 10. The molecule has 110 valence electrons. The van der Waals surface area contributed by atoms with Gasteiger partial charge in [0.1, 0.15) is 5.54 Å². The van der Waals surface area contributed by atoms with Crippen LogP contribution in [0.1, 0.15) is 38.5 Å². The van der Waals surface area contributed by atoms with Gasteiger partial charge in [-0.15, -0.1) is 0 Å². The van der Waals surface area contributed by atoms with Gasteiger partial charge in [0, 0.05) is 0 Å². The van der Waals surface area contributed by atoms with E-state index >= 15 is 0 Å². The van der Waals surface area contributed by atoms with Crippen LogP contribution in [0.5, 0.6) is 0 Å². The molecule has 7 heteroatoms. The average Bonchev–Trinajstić information content (AvgIpc) is 2.27. The maximum atomic E-state index is 11.3. The molecule has 0 saturated carbocycles. The van der Waals surface area contributed by atoms with Gasteiger partial charge >= 0.3 is 13.1 Å². The Balaban J connectivity index is 2.24. The fourth-order valence-electron chi connectivity index (χ4n) is 2.33. The number of hydrogen-bond acceptors (Lipinski definition) is 5. The molecule has 6 nitrogen and oxygen atoms in total. The summed E-state index contributed by atoms with van der Waals surface area (Å²) in [6, 6.07) is 0. The summed E-state index contributed by atoms with van der Waals surface area (Å²) in [5.74, 6) is -0.958. The number of likely N-dealkylation sites (tertiary alicyclic amines) is 1. The molecule has 1 saturated heterocycles. The molecule has 1 heterocycles. The van der Waals surface area contributed by atoms with Crippen LogP contribution in [0.25, 0.3) is 0 Å². The van der Waals surface area contributed by atoms with E-state index in [0.717, 1.165) is 26.1 Å². The molecule has 0 radical (unpaired) electrons. The minimum Gasteiger partial charge on any atom is -0.480 e. The Hall–Kier alpha value is -0.625. The standard InChI is InChI=1S/C12H25BN2O4/c14-12(11(16)17,5-1-2-7-13(18)19)6-3-8-15-9-4-10-15/h18-19H,1-10,14H2,(H,16,17)/t12-/m1/s1. The highest BCUT2D eigenvalue weighted by Gasteiger charge is 2.33. The SMILES string of the molecule is N[C@](CCCCB(O)O)(CCCN1CCC1)C(=O)O. The summed E-state index contributed by atoms with van der Waals surface area (Å²) in [5.41, 5.74) is 4.79. The lowest BCUT2D eigenvalue weighted by Gasteiger charge is -2.32. The molecule has 1 atom stereocenters. The Morgan fingerprint density at radius 1 is 1.21 bits per heavy atom. The molecule has 0 aromatic rings. The molecule has 1 fully saturated rings. The Morgan fingerprint density at radius 3 is 2.32 bits per heavy atom. The van der Waals surface area contributed by atoms with Crippen molar-refractivity contribution in [2.45, 2.75) is 50.4 Å². The molecule has 19 heavy (non-hydrogen) atoms. The zero-order valence-electron chi connectivity index (χ0n) is 11.4. The first kappa shape index (κ1) is 16.4. The molecule has 0 aromatic heterocycles. The van der Waals surface area contributed by atoms with E-state index in [9.17, 15) is 9.90 Å². The molecule has 0 aliphatic carbocycles. The van der Waals surface area contributed by atoms with Gasteiger partial charge < -0.3 is 25.8 Å². The summed E-state index contributed by atoms with van der Waals surface area (Å²) in [6.45, 7) is 3.14. The molecule has 1 aliphatic rings. The van der Waals surface area contributed by atoms with Gasteiger partial charge in [-0.25, -0.2) is 0 Å². The monoisotopic (exact) mass is 272 g/mol. The molecule has 0 spiro atoms. The van der Waals surface area contributed by atoms with E-state index in [1.165, 1.54) is 6.42 Å². The molecule has 1 rings (SSSR count). The lowest BCUT2D eigenvalue weighted by Crippen LogP contribution is -2.48. The molecule has 1 aliphatic heterocycles. The Kier molecular flexibility index (Phi) is 6.78. The van der Waals surface area contributed by atoms with Crippen LogP contribution in [0.15, 0.2) is 0 Å². The van der Waals surface area contributed by atoms with E-state index in [2.05, 4.69) is 4.90 Å². The summed E-state index contributed by atoms with van der Waals surface area (Å²) in [7, 11) is -1.32. The fraction of sp³-hybridized carbons (Fsp3) is 0.917. The summed E-state index contributed by atoms with van der Waals surface area (Å²) in [5, 5.41) is 26.7. The Morgan fingerprint density at radius 2 is 1.84 bits per heavy atom. The van der Waals surface area contributed by atoms with Gasteiger partial charge in [0.25, 0.3) is 0 Å². The van der Waals surface area contributed by atoms with E-state index in [1.807, 2.05) is 0 Å². The number of aliphatic carboxylic acids is 1. The predicted molar refractivity (Wildman–Crippen MR) is 73.7 cm³/mol. The van der Waals surface area contributed by atoms with Crippen molar-refractivity contribution in [3.8, 4) is 0 Å². The van der Waals surface area contributed by atoms with Crippen LogP contribution in [0.3, 0.4) is 0 Å². The van der Waals surface area contributed by atoms with Gasteiger partial charge in [-0.1, -0.05) is 12.8 Å². The van der Waals surface area contributed by atoms with Crippen molar-refractivity contribution in [2.24, 2.45) is 5.73 Å². The van der Waals surface area contributed by atoms with E-state index in [1.54, 1.807) is 0 Å². The highest BCUT2D eigenvalue weighted by atomic mass is 16.4. The third kappa shape index (κ3) is 5.90. The summed E-state index contributed by atoms with van der Waals surface area (Å²) in [4.78, 5) is 13.6. The third-order valence-corrected chi connectivity index (χ3v) is 3.81. The number of hydrogen-bond donors (Lipinski definition) is 4. The minimum absolute atomic E-state index is 0.267. The largest absolute Gasteiger partial charge is 0.480 e. The molecule has 0 unspecified atom stereocenters. The fourth-order valence-corrected chi connectivity index (χ4v) is 2.33. The molecule has 0 aromatic carbocycles. The van der Waals surface area contributed by atoms with Crippen LogP contribution in [0.4, 0.5) is 0 Å². The Labute approximate surface area is 114 Å². The van der Waals surface area contributed by atoms with Gasteiger partial charge in [0.15, 0.2) is 0 Å². The second-order valence-corrected chi connectivity index (χ2v) is 5.49. The zero-order valence-corrected chi connectivity index (χ0v) is 11.4. The van der Waals surface area contributed by atoms with E-state index < -0.39 is 18.6 Å². The lowest BCUT2D eigenvalue weighted by atomic mass is 9.81. The van der Waals surface area contributed by atoms with Crippen molar-refractivity contribution in [1.29, 1.82) is 0 Å². The van der Waals surface area contributed by atoms with Crippen LogP contribution in [-0.2, 0) is 4.79 Å². The van der Waals surface area contributed by atoms with Crippen LogP contribution < -0.4 is 5.73 Å². The maximum Gasteiger partial charge on any atom is 0.451 e. The average molecular weight is 272 g/mol. The van der Waals surface area contributed by atoms with Crippen LogP contribution >= 0.6 is 0 Å². The highest BCUT2D eigenvalue weighted by molar-refractivity contribution is 6.40. The molecule has 0 bridgehead atoms. The first-order valence-electron chi connectivity index (χ1n) is 7.05. The van der Waals surface area contributed by atoms with Gasteiger partial charge in [-0.3, -0.25) is 4.79 Å². The normalized spacial score (nSPS) is 18.7. The molecule has 5 N–H and O–H groups in total. The smallest absolute Gasteiger partial charge is 0.451 e. The molecule has 0 amide bonds. The number of nitrogens with zero attached hydrogens (tertiary/aromatic N) is 1. The predicted octanol–water partition coefficient (Wildman–Crippen LogP) is -0.103. The van der Waals surface area contributed by atoms with Crippen molar-refractivity contribution in [3.63, 3.8) is 0 Å². The number of carbonyl (C=O) groups is 1.